The molecule has 2 aliphatic rings. The van der Waals surface area contributed by atoms with Crippen LogP contribution in [0.25, 0.3) is 0 Å². The van der Waals surface area contributed by atoms with E-state index in [0.29, 0.717) is 18.0 Å². The predicted molar refractivity (Wildman–Crippen MR) is 111 cm³/mol. The van der Waals surface area contributed by atoms with Gasteiger partial charge in [0, 0.05) is 36.6 Å². The number of nitrogens with zero attached hydrogens (tertiary/aromatic N) is 1. The number of piperidine rings is 1. The van der Waals surface area contributed by atoms with Gasteiger partial charge in [-0.2, -0.15) is 0 Å². The Morgan fingerprint density at radius 3 is 2.61 bits per heavy atom. The summed E-state index contributed by atoms with van der Waals surface area (Å²) in [5.41, 5.74) is 3.87. The zero-order chi connectivity index (χ0) is 19.9. The molecule has 1 spiro atoms. The number of aliphatic hydroxyl groups is 2. The number of ether oxygens (including phenoxy) is 1. The third kappa shape index (κ3) is 3.92. The van der Waals surface area contributed by atoms with Crippen molar-refractivity contribution in [1.29, 1.82) is 0 Å². The van der Waals surface area contributed by atoms with Crippen molar-refractivity contribution in [1.82, 2.24) is 4.90 Å². The maximum atomic E-state index is 10.7. The van der Waals surface area contributed by atoms with E-state index in [0.717, 1.165) is 42.8 Å². The third-order valence-electron chi connectivity index (χ3n) is 6.34. The molecule has 2 N–H and O–H groups in total. The van der Waals surface area contributed by atoms with Crippen LogP contribution in [0.5, 0.6) is 5.75 Å². The van der Waals surface area contributed by atoms with E-state index in [2.05, 4.69) is 30.9 Å². The van der Waals surface area contributed by atoms with E-state index in [9.17, 15) is 10.2 Å². The van der Waals surface area contributed by atoms with Crippen LogP contribution in [0.15, 0.2) is 36.4 Å². The van der Waals surface area contributed by atoms with E-state index < -0.39 is 12.2 Å². The summed E-state index contributed by atoms with van der Waals surface area (Å²) in [7, 11) is 0. The van der Waals surface area contributed by atoms with Crippen LogP contribution in [-0.4, -0.2) is 40.3 Å². The van der Waals surface area contributed by atoms with Gasteiger partial charge < -0.3 is 19.8 Å². The van der Waals surface area contributed by atoms with Crippen molar-refractivity contribution in [3.8, 4) is 5.75 Å². The molecular formula is C23H28ClNO3. The first kappa shape index (κ1) is 19.7. The Morgan fingerprint density at radius 2 is 1.89 bits per heavy atom. The Balaban J connectivity index is 1.39. The van der Waals surface area contributed by atoms with Gasteiger partial charge in [0.1, 0.15) is 11.4 Å². The fourth-order valence-corrected chi connectivity index (χ4v) is 4.56. The molecule has 0 aromatic heterocycles. The minimum Gasteiger partial charge on any atom is -0.487 e. The molecule has 2 aromatic carbocycles. The molecule has 2 aliphatic heterocycles. The molecule has 0 bridgehead atoms. The van der Waals surface area contributed by atoms with Gasteiger partial charge in [-0.3, -0.25) is 0 Å². The van der Waals surface area contributed by atoms with Crippen molar-refractivity contribution in [2.45, 2.75) is 50.9 Å². The fraction of sp³-hybridized carbons (Fsp3) is 0.478. The van der Waals surface area contributed by atoms with Crippen LogP contribution in [0.3, 0.4) is 0 Å². The molecule has 4 rings (SSSR count). The molecule has 0 saturated carbocycles. The van der Waals surface area contributed by atoms with E-state index in [1.54, 1.807) is 12.1 Å². The minimum absolute atomic E-state index is 0.331. The average molecular weight is 402 g/mol. The topological polar surface area (TPSA) is 52.9 Å². The summed E-state index contributed by atoms with van der Waals surface area (Å²) < 4.78 is 6.34. The second-order valence-electron chi connectivity index (χ2n) is 8.35. The highest BCUT2D eigenvalue weighted by atomic mass is 35.5. The van der Waals surface area contributed by atoms with Gasteiger partial charge in [-0.25, -0.2) is 0 Å². The Labute approximate surface area is 171 Å². The Morgan fingerprint density at radius 1 is 1.14 bits per heavy atom. The minimum atomic E-state index is -0.546. The zero-order valence-electron chi connectivity index (χ0n) is 16.5. The van der Waals surface area contributed by atoms with Gasteiger partial charge in [-0.15, -0.1) is 0 Å². The molecule has 0 radical (unpaired) electrons. The molecule has 0 aliphatic carbocycles. The zero-order valence-corrected chi connectivity index (χ0v) is 17.2. The molecule has 4 nitrogen and oxygen atoms in total. The highest BCUT2D eigenvalue weighted by molar-refractivity contribution is 6.30. The van der Waals surface area contributed by atoms with Gasteiger partial charge in [0.2, 0.25) is 0 Å². The first-order chi connectivity index (χ1) is 13.3. The van der Waals surface area contributed by atoms with Crippen LogP contribution in [0.4, 0.5) is 0 Å². The predicted octanol–water partition coefficient (Wildman–Crippen LogP) is 4.34. The molecular weight excluding hydrogens is 374 g/mol. The number of halogens is 1. The molecule has 2 heterocycles. The summed E-state index contributed by atoms with van der Waals surface area (Å²) in [4.78, 5) is 2.29. The lowest BCUT2D eigenvalue weighted by atomic mass is 9.81. The highest BCUT2D eigenvalue weighted by Gasteiger charge is 2.43. The third-order valence-corrected chi connectivity index (χ3v) is 6.57. The molecule has 0 amide bonds. The number of rotatable bonds is 3. The number of aliphatic hydroxyl groups excluding tert-OH is 2. The van der Waals surface area contributed by atoms with Crippen molar-refractivity contribution in [3.05, 3.63) is 63.7 Å². The van der Waals surface area contributed by atoms with Gasteiger partial charge in [-0.05, 0) is 61.6 Å². The maximum absolute atomic E-state index is 10.7. The van der Waals surface area contributed by atoms with Crippen LogP contribution >= 0.6 is 11.6 Å². The van der Waals surface area contributed by atoms with Crippen LogP contribution in [0.1, 0.15) is 53.7 Å². The highest BCUT2D eigenvalue weighted by Crippen LogP contribution is 2.45. The van der Waals surface area contributed by atoms with Crippen LogP contribution in [0, 0.1) is 13.8 Å². The lowest BCUT2D eigenvalue weighted by Crippen LogP contribution is -2.51. The molecule has 2 aromatic rings. The van der Waals surface area contributed by atoms with Gasteiger partial charge >= 0.3 is 0 Å². The average Bonchev–Trinajstić information content (AvgIpc) is 2.67. The smallest absolute Gasteiger partial charge is 0.126 e. The maximum Gasteiger partial charge on any atom is 0.126 e. The molecule has 2 atom stereocenters. The van der Waals surface area contributed by atoms with E-state index in [1.807, 2.05) is 12.1 Å². The second-order valence-corrected chi connectivity index (χ2v) is 8.78. The summed E-state index contributed by atoms with van der Waals surface area (Å²) in [6.07, 6.45) is 1.23. The van der Waals surface area contributed by atoms with Crippen LogP contribution in [-0.2, 0) is 0 Å². The summed E-state index contributed by atoms with van der Waals surface area (Å²) >= 11 is 6.06. The number of aryl methyl sites for hydroxylation is 2. The Hall–Kier alpha value is -1.59. The monoisotopic (exact) mass is 401 g/mol. The van der Waals surface area contributed by atoms with Crippen LogP contribution < -0.4 is 4.74 Å². The van der Waals surface area contributed by atoms with E-state index in [-0.39, 0.29) is 5.60 Å². The number of benzene rings is 2. The molecule has 0 unspecified atom stereocenters. The molecule has 28 heavy (non-hydrogen) atoms. The Kier molecular flexibility index (Phi) is 5.41. The van der Waals surface area contributed by atoms with Crippen molar-refractivity contribution < 1.29 is 14.9 Å². The van der Waals surface area contributed by atoms with Gasteiger partial charge in [0.25, 0.3) is 0 Å². The number of hydrogen-bond acceptors (Lipinski definition) is 4. The van der Waals surface area contributed by atoms with Crippen molar-refractivity contribution in [2.75, 3.05) is 19.6 Å². The van der Waals surface area contributed by atoms with Crippen molar-refractivity contribution in [3.63, 3.8) is 0 Å². The van der Waals surface area contributed by atoms with Crippen LogP contribution in [0.2, 0.25) is 5.02 Å². The molecule has 5 heteroatoms. The molecule has 1 saturated heterocycles. The van der Waals surface area contributed by atoms with E-state index in [4.69, 9.17) is 16.3 Å². The van der Waals surface area contributed by atoms with Gasteiger partial charge in [0.15, 0.2) is 0 Å². The second kappa shape index (κ2) is 7.68. The number of likely N-dealkylation sites (tertiary alicyclic amines) is 1. The fourth-order valence-electron chi connectivity index (χ4n) is 4.38. The van der Waals surface area contributed by atoms with Gasteiger partial charge in [0.05, 0.1) is 12.2 Å². The summed E-state index contributed by atoms with van der Waals surface area (Å²) in [5, 5.41) is 21.9. The number of hydrogen-bond donors (Lipinski definition) is 2. The summed E-state index contributed by atoms with van der Waals surface area (Å²) in [5.74, 6) is 0.742. The summed E-state index contributed by atoms with van der Waals surface area (Å²) in [6, 6.07) is 11.6. The van der Waals surface area contributed by atoms with Crippen molar-refractivity contribution >= 4 is 11.6 Å². The van der Waals surface area contributed by atoms with Crippen molar-refractivity contribution in [2.24, 2.45) is 0 Å². The lowest BCUT2D eigenvalue weighted by Gasteiger charge is -2.46. The largest absolute Gasteiger partial charge is 0.487 e. The van der Waals surface area contributed by atoms with Gasteiger partial charge in [-0.1, -0.05) is 29.8 Å². The lowest BCUT2D eigenvalue weighted by molar-refractivity contribution is -0.0587. The summed E-state index contributed by atoms with van der Waals surface area (Å²) in [6.45, 7) is 6.47. The first-order valence-electron chi connectivity index (χ1n) is 9.99. The molecule has 1 fully saturated rings. The Bertz CT molecular complexity index is 861. The quantitative estimate of drug-likeness (QED) is 0.803. The van der Waals surface area contributed by atoms with E-state index >= 15 is 0 Å². The molecule has 150 valence electrons. The standard InChI is InChI=1S/C23H28ClNO3/c1-15-3-4-17(11-16(15)2)21(27)14-25-9-7-23(8-10-25)13-20(26)19-12-18(24)5-6-22(19)28-23/h3-6,11-12,20-21,26-27H,7-10,13-14H2,1-2H3/t20-,21+/m0/s1. The normalized spacial score (nSPS) is 22.5. The first-order valence-corrected chi connectivity index (χ1v) is 10.4. The number of β-amino-alcohol motifs (C(OH)–C–C–N with tert-alkyl or cyclic N) is 1. The van der Waals surface area contributed by atoms with E-state index in [1.165, 1.54) is 11.1 Å². The SMILES string of the molecule is Cc1ccc([C@H](O)CN2CCC3(CC2)C[C@H](O)c2cc(Cl)ccc2O3)cc1C. The number of fused-ring (bicyclic) bond motifs is 1.